The van der Waals surface area contributed by atoms with Crippen molar-refractivity contribution in [1.82, 2.24) is 0 Å². The molecule has 12 heavy (non-hydrogen) atoms. The molecule has 2 unspecified atom stereocenters. The Bertz CT molecular complexity index is 146. The lowest BCUT2D eigenvalue weighted by atomic mass is 9.87. The third-order valence-electron chi connectivity index (χ3n) is 2.75. The van der Waals surface area contributed by atoms with Crippen molar-refractivity contribution in [3.63, 3.8) is 0 Å². The van der Waals surface area contributed by atoms with Crippen LogP contribution in [0.5, 0.6) is 0 Å². The molecule has 2 atom stereocenters. The molecule has 0 amide bonds. The van der Waals surface area contributed by atoms with E-state index in [1.54, 1.807) is 0 Å². The number of hydrogen-bond acceptors (Lipinski definition) is 1. The molecule has 1 rings (SSSR count). The van der Waals surface area contributed by atoms with E-state index in [-0.39, 0.29) is 23.0 Å². The molecule has 0 aromatic heterocycles. The first-order valence-electron chi connectivity index (χ1n) is 4.44. The van der Waals surface area contributed by atoms with Crippen molar-refractivity contribution in [1.29, 1.82) is 0 Å². The molecule has 0 bridgehead atoms. The highest BCUT2D eigenvalue weighted by atomic mass is 31.1. The van der Waals surface area contributed by atoms with Crippen LogP contribution in [0.15, 0.2) is 0 Å². The zero-order valence-corrected chi connectivity index (χ0v) is 8.05. The number of rotatable bonds is 2. The Labute approximate surface area is 85.7 Å². The Morgan fingerprint density at radius 3 is 2.25 bits per heavy atom. The lowest BCUT2D eigenvalue weighted by Gasteiger charge is -2.25. The van der Waals surface area contributed by atoms with Crippen molar-refractivity contribution >= 4 is 25.4 Å². The minimum absolute atomic E-state index is 0. The second-order valence-corrected chi connectivity index (χ2v) is 5.11. The molecule has 1 fully saturated rings. The van der Waals surface area contributed by atoms with Crippen LogP contribution in [-0.2, 0) is 4.57 Å². The molecule has 0 aromatic carbocycles. The van der Waals surface area contributed by atoms with Gasteiger partial charge in [0.25, 0.3) is 0 Å². The van der Waals surface area contributed by atoms with Gasteiger partial charge in [-0.2, -0.15) is 0 Å². The summed E-state index contributed by atoms with van der Waals surface area (Å²) in [5.74, 6) is 0.528. The molecule has 1 aliphatic rings. The average Bonchev–Trinajstić information content (AvgIpc) is 2.05. The van der Waals surface area contributed by atoms with Crippen LogP contribution in [0.1, 0.15) is 39.0 Å². The Morgan fingerprint density at radius 2 is 1.83 bits per heavy atom. The molecule has 2 nitrogen and oxygen atoms in total. The van der Waals surface area contributed by atoms with E-state index in [0.717, 1.165) is 12.8 Å². The molecular formula is C8H20AlO2P. The van der Waals surface area contributed by atoms with E-state index in [4.69, 9.17) is 4.89 Å². The van der Waals surface area contributed by atoms with Gasteiger partial charge in [0.1, 0.15) is 0 Å². The smallest absolute Gasteiger partial charge is 0.192 e. The first-order valence-corrected chi connectivity index (χ1v) is 5.88. The molecule has 1 N–H and O–H groups in total. The Hall–Kier alpha value is 0.722. The normalized spacial score (nSPS) is 24.2. The van der Waals surface area contributed by atoms with Gasteiger partial charge in [0, 0.05) is 5.66 Å². The predicted molar refractivity (Wildman–Crippen MR) is 57.2 cm³/mol. The Kier molecular flexibility index (Phi) is 6.59. The van der Waals surface area contributed by atoms with Gasteiger partial charge in [0.2, 0.25) is 0 Å². The largest absolute Gasteiger partial charge is 0.346 e. The third-order valence-corrected chi connectivity index (χ3v) is 4.00. The van der Waals surface area contributed by atoms with Crippen molar-refractivity contribution in [2.75, 3.05) is 0 Å². The van der Waals surface area contributed by atoms with Crippen LogP contribution in [0, 0.1) is 5.92 Å². The summed E-state index contributed by atoms with van der Waals surface area (Å²) in [6, 6.07) is 0. The SMILES string of the molecule is CC(C1CCCCC1)[PH](=O)O.[AlH3]. The van der Waals surface area contributed by atoms with Crippen molar-refractivity contribution in [2.45, 2.75) is 44.7 Å². The summed E-state index contributed by atoms with van der Waals surface area (Å²) in [6.07, 6.45) is 6.15. The van der Waals surface area contributed by atoms with Crippen LogP contribution < -0.4 is 0 Å². The molecule has 0 radical (unpaired) electrons. The van der Waals surface area contributed by atoms with Gasteiger partial charge < -0.3 is 4.89 Å². The van der Waals surface area contributed by atoms with E-state index in [1.165, 1.54) is 19.3 Å². The molecule has 0 saturated heterocycles. The van der Waals surface area contributed by atoms with Crippen molar-refractivity contribution in [2.24, 2.45) is 5.92 Å². The van der Waals surface area contributed by atoms with Crippen LogP contribution >= 0.6 is 8.03 Å². The van der Waals surface area contributed by atoms with Crippen LogP contribution in [0.2, 0.25) is 0 Å². The zero-order valence-electron chi connectivity index (χ0n) is 7.05. The maximum atomic E-state index is 10.8. The molecule has 1 aliphatic carbocycles. The fraction of sp³-hybridized carbons (Fsp3) is 1.00. The van der Waals surface area contributed by atoms with Crippen LogP contribution in [0.25, 0.3) is 0 Å². The average molecular weight is 206 g/mol. The molecule has 4 heteroatoms. The van der Waals surface area contributed by atoms with Gasteiger partial charge in [0.05, 0.1) is 0 Å². The summed E-state index contributed by atoms with van der Waals surface area (Å²) >= 11 is 0. The fourth-order valence-electron chi connectivity index (χ4n) is 1.84. The fourth-order valence-corrected chi connectivity index (χ4v) is 2.57. The highest BCUT2D eigenvalue weighted by molar-refractivity contribution is 7.38. The van der Waals surface area contributed by atoms with E-state index in [1.807, 2.05) is 6.92 Å². The monoisotopic (exact) mass is 206 g/mol. The first-order chi connectivity index (χ1) is 5.22. The molecule has 0 aromatic rings. The van der Waals surface area contributed by atoms with E-state index < -0.39 is 8.03 Å². The van der Waals surface area contributed by atoms with Gasteiger partial charge in [0.15, 0.2) is 25.4 Å². The van der Waals surface area contributed by atoms with Crippen molar-refractivity contribution in [3.8, 4) is 0 Å². The molecular weight excluding hydrogens is 186 g/mol. The van der Waals surface area contributed by atoms with E-state index in [2.05, 4.69) is 0 Å². The van der Waals surface area contributed by atoms with Crippen LogP contribution in [0.3, 0.4) is 0 Å². The van der Waals surface area contributed by atoms with Gasteiger partial charge in [-0.3, -0.25) is 4.57 Å². The zero-order chi connectivity index (χ0) is 8.27. The van der Waals surface area contributed by atoms with Gasteiger partial charge in [-0.15, -0.1) is 0 Å². The minimum Gasteiger partial charge on any atom is -0.346 e. The summed E-state index contributed by atoms with van der Waals surface area (Å²) < 4.78 is 10.8. The number of hydrogen-bond donors (Lipinski definition) is 1. The second-order valence-electron chi connectivity index (χ2n) is 3.53. The van der Waals surface area contributed by atoms with Crippen LogP contribution in [-0.4, -0.2) is 27.9 Å². The second kappa shape index (κ2) is 6.22. The molecule has 0 aliphatic heterocycles. The van der Waals surface area contributed by atoms with Crippen LogP contribution in [0.4, 0.5) is 0 Å². The topological polar surface area (TPSA) is 37.3 Å². The Morgan fingerprint density at radius 1 is 1.33 bits per heavy atom. The first kappa shape index (κ1) is 12.7. The lowest BCUT2D eigenvalue weighted by molar-refractivity contribution is 0.340. The van der Waals surface area contributed by atoms with Crippen molar-refractivity contribution < 1.29 is 9.46 Å². The summed E-state index contributed by atoms with van der Waals surface area (Å²) in [5, 5.41) is 0. The lowest BCUT2D eigenvalue weighted by Crippen LogP contribution is -2.16. The van der Waals surface area contributed by atoms with Crippen molar-refractivity contribution in [3.05, 3.63) is 0 Å². The van der Waals surface area contributed by atoms with Gasteiger partial charge in [-0.1, -0.05) is 26.2 Å². The molecule has 1 saturated carbocycles. The maximum absolute atomic E-state index is 10.8. The van der Waals surface area contributed by atoms with E-state index >= 15 is 0 Å². The molecule has 0 heterocycles. The molecule has 72 valence electrons. The highest BCUT2D eigenvalue weighted by Gasteiger charge is 2.22. The van der Waals surface area contributed by atoms with Gasteiger partial charge in [-0.05, 0) is 18.8 Å². The Balaban J connectivity index is 0.00000121. The maximum Gasteiger partial charge on any atom is 0.192 e. The summed E-state index contributed by atoms with van der Waals surface area (Å²) in [5.41, 5.74) is 0.0558. The van der Waals surface area contributed by atoms with Gasteiger partial charge in [-0.25, -0.2) is 0 Å². The quantitative estimate of drug-likeness (QED) is 0.545. The summed E-state index contributed by atoms with van der Waals surface area (Å²) in [6.45, 7) is 1.91. The predicted octanol–water partition coefficient (Wildman–Crippen LogP) is 1.24. The molecule has 0 spiro atoms. The minimum atomic E-state index is -2.26. The van der Waals surface area contributed by atoms with Gasteiger partial charge >= 0.3 is 0 Å². The van der Waals surface area contributed by atoms with E-state index in [0.29, 0.717) is 5.92 Å². The van der Waals surface area contributed by atoms with E-state index in [9.17, 15) is 4.57 Å². The summed E-state index contributed by atoms with van der Waals surface area (Å²) in [7, 11) is -2.26. The summed E-state index contributed by atoms with van der Waals surface area (Å²) in [4.78, 5) is 8.92. The third kappa shape index (κ3) is 3.62. The standard InChI is InChI=1S/C8H17O2P.Al.3H/c1-7(11(9)10)8-5-3-2-4-6-8;;;;/h7-8,11H,2-6H2,1H3,(H,9,10);;;;. The highest BCUT2D eigenvalue weighted by Crippen LogP contribution is 2.36.